The Morgan fingerprint density at radius 2 is 2.16 bits per heavy atom. The molecule has 104 valence electrons. The summed E-state index contributed by atoms with van der Waals surface area (Å²) in [5, 5.41) is 11.0. The van der Waals surface area contributed by atoms with Crippen LogP contribution in [0.3, 0.4) is 0 Å². The normalized spacial score (nSPS) is 11.9. The first kappa shape index (κ1) is 15.4. The minimum atomic E-state index is -0.876. The summed E-state index contributed by atoms with van der Waals surface area (Å²) < 4.78 is 13.6. The lowest BCUT2D eigenvalue weighted by molar-refractivity contribution is -0.137. The van der Waals surface area contributed by atoms with Gasteiger partial charge in [0, 0.05) is 12.5 Å². The van der Waals surface area contributed by atoms with E-state index < -0.39 is 17.7 Å². The maximum Gasteiger partial charge on any atom is 0.303 e. The second kappa shape index (κ2) is 7.09. The molecule has 0 aliphatic heterocycles. The number of halogens is 2. The fourth-order valence-corrected chi connectivity index (χ4v) is 1.79. The molecule has 1 rings (SSSR count). The molecule has 0 aromatic heterocycles. The molecule has 4 nitrogen and oxygen atoms in total. The molecular weight excluding hydrogens is 273 g/mol. The Kier molecular flexibility index (Phi) is 5.76. The van der Waals surface area contributed by atoms with Crippen molar-refractivity contribution in [3.8, 4) is 0 Å². The van der Waals surface area contributed by atoms with Gasteiger partial charge in [-0.25, -0.2) is 4.39 Å². The van der Waals surface area contributed by atoms with Crippen molar-refractivity contribution < 1.29 is 19.1 Å². The third-order valence-corrected chi connectivity index (χ3v) is 2.89. The SMILES string of the molecule is CC(CCCC(=O)O)NC(=O)c1cccc(Cl)c1F. The summed E-state index contributed by atoms with van der Waals surface area (Å²) in [6, 6.07) is 3.98. The van der Waals surface area contributed by atoms with Gasteiger partial charge in [0.05, 0.1) is 10.6 Å². The van der Waals surface area contributed by atoms with Crippen molar-refractivity contribution in [3.63, 3.8) is 0 Å². The predicted octanol–water partition coefficient (Wildman–Crippen LogP) is 2.85. The number of carbonyl (C=O) groups is 2. The number of carboxylic acids is 1. The van der Waals surface area contributed by atoms with Gasteiger partial charge in [-0.2, -0.15) is 0 Å². The van der Waals surface area contributed by atoms with Gasteiger partial charge in [0.1, 0.15) is 0 Å². The van der Waals surface area contributed by atoms with Crippen LogP contribution in [0.1, 0.15) is 36.5 Å². The van der Waals surface area contributed by atoms with Crippen molar-refractivity contribution >= 4 is 23.5 Å². The van der Waals surface area contributed by atoms with Crippen molar-refractivity contribution in [2.45, 2.75) is 32.2 Å². The molecule has 0 fully saturated rings. The van der Waals surface area contributed by atoms with Crippen LogP contribution in [-0.4, -0.2) is 23.0 Å². The average molecular weight is 288 g/mol. The number of amides is 1. The Hall–Kier alpha value is -1.62. The van der Waals surface area contributed by atoms with E-state index >= 15 is 0 Å². The van der Waals surface area contributed by atoms with E-state index in [9.17, 15) is 14.0 Å². The van der Waals surface area contributed by atoms with Crippen LogP contribution in [0.4, 0.5) is 4.39 Å². The van der Waals surface area contributed by atoms with Crippen LogP contribution < -0.4 is 5.32 Å². The second-order valence-corrected chi connectivity index (χ2v) is 4.67. The van der Waals surface area contributed by atoms with Gasteiger partial charge in [-0.1, -0.05) is 17.7 Å². The molecule has 1 aromatic carbocycles. The lowest BCUT2D eigenvalue weighted by Gasteiger charge is -2.13. The van der Waals surface area contributed by atoms with E-state index in [1.165, 1.54) is 18.2 Å². The molecule has 0 spiro atoms. The topological polar surface area (TPSA) is 66.4 Å². The van der Waals surface area contributed by atoms with E-state index in [1.54, 1.807) is 6.92 Å². The van der Waals surface area contributed by atoms with Gasteiger partial charge >= 0.3 is 5.97 Å². The first-order valence-corrected chi connectivity index (χ1v) is 6.26. The Balaban J connectivity index is 2.54. The predicted molar refractivity (Wildman–Crippen MR) is 69.8 cm³/mol. The van der Waals surface area contributed by atoms with Gasteiger partial charge in [-0.05, 0) is 31.9 Å². The van der Waals surface area contributed by atoms with Crippen LogP contribution in [0.2, 0.25) is 5.02 Å². The largest absolute Gasteiger partial charge is 0.481 e. The monoisotopic (exact) mass is 287 g/mol. The van der Waals surface area contributed by atoms with Crippen LogP contribution in [0.25, 0.3) is 0 Å². The van der Waals surface area contributed by atoms with E-state index in [2.05, 4.69) is 5.32 Å². The molecule has 0 saturated carbocycles. The summed E-state index contributed by atoms with van der Waals surface area (Å²) in [4.78, 5) is 22.2. The number of benzene rings is 1. The first-order chi connectivity index (χ1) is 8.91. The van der Waals surface area contributed by atoms with Gasteiger partial charge < -0.3 is 10.4 Å². The number of hydrogen-bond acceptors (Lipinski definition) is 2. The van der Waals surface area contributed by atoms with Crippen LogP contribution in [-0.2, 0) is 4.79 Å². The van der Waals surface area contributed by atoms with Crippen LogP contribution in [0.15, 0.2) is 18.2 Å². The second-order valence-electron chi connectivity index (χ2n) is 4.26. The summed E-state index contributed by atoms with van der Waals surface area (Å²) in [7, 11) is 0. The molecule has 0 radical (unpaired) electrons. The van der Waals surface area contributed by atoms with Crippen LogP contribution in [0.5, 0.6) is 0 Å². The summed E-state index contributed by atoms with van der Waals surface area (Å²) >= 11 is 5.59. The Morgan fingerprint density at radius 1 is 1.47 bits per heavy atom. The van der Waals surface area contributed by atoms with Crippen molar-refractivity contribution in [2.75, 3.05) is 0 Å². The maximum absolute atomic E-state index is 13.6. The Morgan fingerprint density at radius 3 is 2.79 bits per heavy atom. The standard InChI is InChI=1S/C13H15ClFNO3/c1-8(4-2-7-11(17)18)16-13(19)9-5-3-6-10(14)12(9)15/h3,5-6,8H,2,4,7H2,1H3,(H,16,19)(H,17,18). The van der Waals surface area contributed by atoms with Crippen molar-refractivity contribution in [1.29, 1.82) is 0 Å². The Bertz CT molecular complexity index is 479. The number of nitrogens with one attached hydrogen (secondary N) is 1. The van der Waals surface area contributed by atoms with Crippen LogP contribution >= 0.6 is 11.6 Å². The molecule has 0 aliphatic rings. The maximum atomic E-state index is 13.6. The highest BCUT2D eigenvalue weighted by molar-refractivity contribution is 6.31. The first-order valence-electron chi connectivity index (χ1n) is 5.88. The number of hydrogen-bond donors (Lipinski definition) is 2. The molecule has 6 heteroatoms. The van der Waals surface area contributed by atoms with Crippen molar-refractivity contribution in [3.05, 3.63) is 34.6 Å². The molecule has 19 heavy (non-hydrogen) atoms. The van der Waals surface area contributed by atoms with Crippen molar-refractivity contribution in [2.24, 2.45) is 0 Å². The fourth-order valence-electron chi connectivity index (χ4n) is 1.61. The molecule has 2 N–H and O–H groups in total. The van der Waals surface area contributed by atoms with Crippen LogP contribution in [0, 0.1) is 5.82 Å². The summed E-state index contributed by atoms with van der Waals surface area (Å²) in [6.07, 6.45) is 1.01. The number of aliphatic carboxylic acids is 1. The van der Waals surface area contributed by atoms with Gasteiger partial charge in [-0.15, -0.1) is 0 Å². The van der Waals surface area contributed by atoms with Gasteiger partial charge in [-0.3, -0.25) is 9.59 Å². The zero-order chi connectivity index (χ0) is 14.4. The third kappa shape index (κ3) is 4.87. The zero-order valence-corrected chi connectivity index (χ0v) is 11.2. The summed E-state index contributed by atoms with van der Waals surface area (Å²) in [6.45, 7) is 1.74. The minimum absolute atomic E-state index is 0.0474. The third-order valence-electron chi connectivity index (χ3n) is 2.60. The number of carboxylic acid groups (broad SMARTS) is 1. The molecule has 1 unspecified atom stereocenters. The summed E-state index contributed by atoms with van der Waals surface area (Å²) in [5.41, 5.74) is -0.113. The molecule has 1 amide bonds. The van der Waals surface area contributed by atoms with E-state index in [-0.39, 0.29) is 23.0 Å². The zero-order valence-electron chi connectivity index (χ0n) is 10.5. The van der Waals surface area contributed by atoms with E-state index in [0.29, 0.717) is 12.8 Å². The van der Waals surface area contributed by atoms with Gasteiger partial charge in [0.2, 0.25) is 0 Å². The quantitative estimate of drug-likeness (QED) is 0.845. The molecule has 0 aliphatic carbocycles. The van der Waals surface area contributed by atoms with Gasteiger partial charge in [0.15, 0.2) is 5.82 Å². The summed E-state index contributed by atoms with van der Waals surface area (Å²) in [5.74, 6) is -2.18. The smallest absolute Gasteiger partial charge is 0.303 e. The lowest BCUT2D eigenvalue weighted by atomic mass is 10.1. The van der Waals surface area contributed by atoms with E-state index in [4.69, 9.17) is 16.7 Å². The Labute approximate surface area is 115 Å². The van der Waals surface area contributed by atoms with E-state index in [0.717, 1.165) is 0 Å². The number of rotatable bonds is 6. The molecule has 1 aromatic rings. The van der Waals surface area contributed by atoms with Gasteiger partial charge in [0.25, 0.3) is 5.91 Å². The molecule has 0 saturated heterocycles. The lowest BCUT2D eigenvalue weighted by Crippen LogP contribution is -2.33. The molecule has 0 heterocycles. The fraction of sp³-hybridized carbons (Fsp3) is 0.385. The molecule has 0 bridgehead atoms. The van der Waals surface area contributed by atoms with E-state index in [1.807, 2.05) is 0 Å². The molecule has 1 atom stereocenters. The highest BCUT2D eigenvalue weighted by atomic mass is 35.5. The average Bonchev–Trinajstić information content (AvgIpc) is 2.31. The highest BCUT2D eigenvalue weighted by Gasteiger charge is 2.15. The van der Waals surface area contributed by atoms with Crippen molar-refractivity contribution in [1.82, 2.24) is 5.32 Å². The molecular formula is C13H15ClFNO3. The highest BCUT2D eigenvalue weighted by Crippen LogP contribution is 2.18. The number of carbonyl (C=O) groups excluding carboxylic acids is 1. The minimum Gasteiger partial charge on any atom is -0.481 e.